The molecule has 1 aliphatic heterocycles. The number of nitrogens with one attached hydrogen (secondary N) is 1. The summed E-state index contributed by atoms with van der Waals surface area (Å²) in [5, 5.41) is 15.7. The van der Waals surface area contributed by atoms with Crippen LogP contribution in [0.2, 0.25) is 0 Å². The molecule has 27 heavy (non-hydrogen) atoms. The van der Waals surface area contributed by atoms with Crippen LogP contribution in [0.25, 0.3) is 0 Å². The van der Waals surface area contributed by atoms with Gasteiger partial charge in [-0.1, -0.05) is 16.8 Å². The first-order valence-electron chi connectivity index (χ1n) is 9.90. The van der Waals surface area contributed by atoms with Crippen molar-refractivity contribution in [2.45, 2.75) is 63.5 Å². The molecule has 4 rings (SSSR count). The molecule has 2 aromatic heterocycles. The second kappa shape index (κ2) is 8.16. The number of piperidine rings is 1. The van der Waals surface area contributed by atoms with Crippen LogP contribution in [0.3, 0.4) is 0 Å². The Balaban J connectivity index is 1.24. The lowest BCUT2D eigenvalue weighted by molar-refractivity contribution is 0.0790. The molecule has 146 valence electrons. The van der Waals surface area contributed by atoms with E-state index in [0.29, 0.717) is 36.4 Å². The first-order chi connectivity index (χ1) is 13.2. The van der Waals surface area contributed by atoms with Gasteiger partial charge in [-0.15, -0.1) is 5.10 Å². The molecule has 0 bridgehead atoms. The molecular weight excluding hydrogens is 346 g/mol. The Labute approximate surface area is 158 Å². The van der Waals surface area contributed by atoms with E-state index >= 15 is 0 Å². The number of amides is 1. The lowest BCUT2D eigenvalue weighted by atomic mass is 10.0. The minimum atomic E-state index is -0.136. The van der Waals surface area contributed by atoms with E-state index in [2.05, 4.69) is 25.8 Å². The Morgan fingerprint density at radius 3 is 3.04 bits per heavy atom. The highest BCUT2D eigenvalue weighted by Gasteiger charge is 2.29. The topological polar surface area (TPSA) is 102 Å². The van der Waals surface area contributed by atoms with E-state index in [1.807, 2.05) is 0 Å². The van der Waals surface area contributed by atoms with Gasteiger partial charge >= 0.3 is 0 Å². The molecule has 1 N–H and O–H groups in total. The van der Waals surface area contributed by atoms with Gasteiger partial charge in [-0.2, -0.15) is 4.98 Å². The van der Waals surface area contributed by atoms with Crippen molar-refractivity contribution in [3.8, 4) is 0 Å². The largest absolute Gasteiger partial charge is 0.340 e. The number of rotatable bonds is 8. The zero-order valence-corrected chi connectivity index (χ0v) is 15.8. The van der Waals surface area contributed by atoms with Crippen LogP contribution in [-0.4, -0.2) is 62.1 Å². The highest BCUT2D eigenvalue weighted by Crippen LogP contribution is 2.38. The fraction of sp³-hybridized carbons (Fsp3) is 0.722. The third-order valence-corrected chi connectivity index (χ3v) is 5.30. The van der Waals surface area contributed by atoms with Gasteiger partial charge < -0.3 is 14.7 Å². The van der Waals surface area contributed by atoms with Crippen LogP contribution in [0.15, 0.2) is 10.7 Å². The first-order valence-corrected chi connectivity index (χ1v) is 9.90. The van der Waals surface area contributed by atoms with Crippen molar-refractivity contribution in [2.75, 3.05) is 20.1 Å². The molecule has 2 fully saturated rings. The number of carbonyl (C=O) groups is 1. The summed E-state index contributed by atoms with van der Waals surface area (Å²) in [5.74, 6) is 1.70. The van der Waals surface area contributed by atoms with Gasteiger partial charge in [0, 0.05) is 38.5 Å². The van der Waals surface area contributed by atoms with Gasteiger partial charge in [0.05, 0.1) is 6.20 Å². The van der Waals surface area contributed by atoms with Crippen molar-refractivity contribution in [3.63, 3.8) is 0 Å². The number of hydrogen-bond acceptors (Lipinski definition) is 7. The zero-order chi connectivity index (χ0) is 18.6. The van der Waals surface area contributed by atoms with Crippen molar-refractivity contribution >= 4 is 5.91 Å². The van der Waals surface area contributed by atoms with Gasteiger partial charge in [-0.05, 0) is 38.6 Å². The summed E-state index contributed by atoms with van der Waals surface area (Å²) in [6, 6.07) is 0.542. The summed E-state index contributed by atoms with van der Waals surface area (Å²) in [4.78, 5) is 18.6. The van der Waals surface area contributed by atoms with Gasteiger partial charge in [0.1, 0.15) is 0 Å². The molecule has 0 spiro atoms. The lowest BCUT2D eigenvalue weighted by Crippen LogP contribution is -2.34. The number of aromatic nitrogens is 5. The predicted octanol–water partition coefficient (Wildman–Crippen LogP) is 1.39. The second-order valence-electron chi connectivity index (χ2n) is 7.60. The second-order valence-corrected chi connectivity index (χ2v) is 7.60. The summed E-state index contributed by atoms with van der Waals surface area (Å²) in [6.07, 6.45) is 9.33. The molecule has 1 aliphatic carbocycles. The van der Waals surface area contributed by atoms with E-state index < -0.39 is 0 Å². The van der Waals surface area contributed by atoms with Gasteiger partial charge in [-0.25, -0.2) is 0 Å². The molecule has 9 heteroatoms. The highest BCUT2D eigenvalue weighted by atomic mass is 16.5. The van der Waals surface area contributed by atoms with Crippen molar-refractivity contribution in [2.24, 2.45) is 0 Å². The van der Waals surface area contributed by atoms with Gasteiger partial charge in [0.15, 0.2) is 11.5 Å². The third-order valence-electron chi connectivity index (χ3n) is 5.30. The van der Waals surface area contributed by atoms with Crippen LogP contribution >= 0.6 is 0 Å². The van der Waals surface area contributed by atoms with Crippen LogP contribution in [0.5, 0.6) is 0 Å². The standard InChI is InChI=1S/C18H27N7O2/c1-24(10-8-16-20-17(27-22-16)13-5-6-13)18(26)15-12-25(23-21-15)11-7-14-4-2-3-9-19-14/h12-14,19H,2-11H2,1H3/t14-/m0/s1. The third kappa shape index (κ3) is 4.71. The van der Waals surface area contributed by atoms with Gasteiger partial charge in [-0.3, -0.25) is 9.48 Å². The Bertz CT molecular complexity index is 761. The number of hydrogen-bond donors (Lipinski definition) is 1. The van der Waals surface area contributed by atoms with E-state index in [1.165, 1.54) is 19.3 Å². The first kappa shape index (κ1) is 18.1. The Morgan fingerprint density at radius 2 is 2.26 bits per heavy atom. The molecule has 1 saturated heterocycles. The van der Waals surface area contributed by atoms with Crippen LogP contribution in [-0.2, 0) is 13.0 Å². The normalized spacial score (nSPS) is 20.0. The molecule has 1 amide bonds. The molecule has 3 heterocycles. The summed E-state index contributed by atoms with van der Waals surface area (Å²) >= 11 is 0. The predicted molar refractivity (Wildman–Crippen MR) is 97.2 cm³/mol. The van der Waals surface area contributed by atoms with Crippen LogP contribution in [0.4, 0.5) is 0 Å². The fourth-order valence-electron chi connectivity index (χ4n) is 3.39. The molecule has 0 aromatic carbocycles. The number of carbonyl (C=O) groups excluding carboxylic acids is 1. The SMILES string of the molecule is CN(CCc1noc(C2CC2)n1)C(=O)c1cn(CC[C@@H]2CCCCN2)nn1. The number of aryl methyl sites for hydroxylation is 1. The molecular formula is C18H27N7O2. The molecule has 2 aromatic rings. The van der Waals surface area contributed by atoms with Gasteiger partial charge in [0.25, 0.3) is 5.91 Å². The van der Waals surface area contributed by atoms with Crippen LogP contribution in [0.1, 0.15) is 66.6 Å². The molecule has 0 unspecified atom stereocenters. The molecule has 2 aliphatic rings. The maximum atomic E-state index is 12.5. The molecule has 0 radical (unpaired) electrons. The summed E-state index contributed by atoms with van der Waals surface area (Å²) in [6.45, 7) is 2.38. The lowest BCUT2D eigenvalue weighted by Gasteiger charge is -2.23. The van der Waals surface area contributed by atoms with Crippen LogP contribution in [0, 0.1) is 0 Å². The van der Waals surface area contributed by atoms with Crippen molar-refractivity contribution in [3.05, 3.63) is 23.6 Å². The van der Waals surface area contributed by atoms with Crippen LogP contribution < -0.4 is 5.32 Å². The van der Waals surface area contributed by atoms with Crippen molar-refractivity contribution < 1.29 is 9.32 Å². The molecule has 1 atom stereocenters. The van der Waals surface area contributed by atoms with Crippen molar-refractivity contribution in [1.82, 2.24) is 35.4 Å². The Kier molecular flexibility index (Phi) is 5.47. The summed E-state index contributed by atoms with van der Waals surface area (Å²) < 4.78 is 7.01. The maximum Gasteiger partial charge on any atom is 0.275 e. The Hall–Kier alpha value is -2.29. The van der Waals surface area contributed by atoms with Crippen molar-refractivity contribution in [1.29, 1.82) is 0 Å². The number of likely N-dealkylation sites (N-methyl/N-ethyl adjacent to an activating group) is 1. The smallest absolute Gasteiger partial charge is 0.275 e. The summed E-state index contributed by atoms with van der Waals surface area (Å²) in [5.41, 5.74) is 0.376. The summed E-state index contributed by atoms with van der Waals surface area (Å²) in [7, 11) is 1.76. The van der Waals surface area contributed by atoms with E-state index in [0.717, 1.165) is 38.2 Å². The molecule has 1 saturated carbocycles. The minimum absolute atomic E-state index is 0.136. The van der Waals surface area contributed by atoms with Gasteiger partial charge in [0.2, 0.25) is 5.89 Å². The molecule has 9 nitrogen and oxygen atoms in total. The fourth-order valence-corrected chi connectivity index (χ4v) is 3.39. The number of nitrogens with zero attached hydrogens (tertiary/aromatic N) is 6. The Morgan fingerprint density at radius 1 is 1.37 bits per heavy atom. The highest BCUT2D eigenvalue weighted by molar-refractivity contribution is 5.91. The zero-order valence-electron chi connectivity index (χ0n) is 15.8. The quantitative estimate of drug-likeness (QED) is 0.746. The van der Waals surface area contributed by atoms with E-state index in [9.17, 15) is 4.79 Å². The van der Waals surface area contributed by atoms with E-state index in [1.54, 1.807) is 22.8 Å². The average molecular weight is 373 g/mol. The maximum absolute atomic E-state index is 12.5. The monoisotopic (exact) mass is 373 g/mol. The van der Waals surface area contributed by atoms with E-state index in [4.69, 9.17) is 4.52 Å². The average Bonchev–Trinajstić information content (AvgIpc) is 3.26. The minimum Gasteiger partial charge on any atom is -0.340 e. The van der Waals surface area contributed by atoms with E-state index in [-0.39, 0.29) is 5.91 Å².